The van der Waals surface area contributed by atoms with Crippen LogP contribution in [0.1, 0.15) is 13.8 Å². The van der Waals surface area contributed by atoms with Gasteiger partial charge >= 0.3 is 0 Å². The van der Waals surface area contributed by atoms with Crippen LogP contribution in [0.3, 0.4) is 0 Å². The highest BCUT2D eigenvalue weighted by Gasteiger charge is 1.91. The summed E-state index contributed by atoms with van der Waals surface area (Å²) in [7, 11) is 0. The molecular formula is C5H8F2. The molecule has 0 N–H and O–H groups in total. The van der Waals surface area contributed by atoms with Crippen LogP contribution in [0.4, 0.5) is 8.78 Å². The van der Waals surface area contributed by atoms with Gasteiger partial charge in [0.2, 0.25) is 0 Å². The molecule has 0 saturated heterocycles. The maximum Gasteiger partial charge on any atom is 0.141 e. The Labute approximate surface area is 41.8 Å². The lowest BCUT2D eigenvalue weighted by atomic mass is 10.3. The molecule has 0 bridgehead atoms. The molecule has 0 amide bonds. The fourth-order valence-corrected chi connectivity index (χ4v) is 0.134. The number of rotatable bonds is 1. The highest BCUT2D eigenvalue weighted by Crippen LogP contribution is 2.03. The van der Waals surface area contributed by atoms with Crippen LogP contribution in [-0.4, -0.2) is 6.67 Å². The second-order valence-electron chi connectivity index (χ2n) is 1.54. The lowest BCUT2D eigenvalue weighted by Gasteiger charge is -1.87. The average molecular weight is 106 g/mol. The van der Waals surface area contributed by atoms with Crippen LogP contribution in [0.15, 0.2) is 11.4 Å². The first kappa shape index (κ1) is 6.60. The lowest BCUT2D eigenvalue weighted by Crippen LogP contribution is -1.77. The van der Waals surface area contributed by atoms with E-state index in [-0.39, 0.29) is 0 Å². The second kappa shape index (κ2) is 2.72. The van der Waals surface area contributed by atoms with Gasteiger partial charge in [0.1, 0.15) is 12.5 Å². The molecule has 0 aromatic carbocycles. The zero-order valence-electron chi connectivity index (χ0n) is 4.46. The molecule has 0 aromatic rings. The van der Waals surface area contributed by atoms with E-state index in [1.165, 1.54) is 13.8 Å². The summed E-state index contributed by atoms with van der Waals surface area (Å²) in [6.07, 6.45) is 0. The lowest BCUT2D eigenvalue weighted by molar-refractivity contribution is 0.453. The van der Waals surface area contributed by atoms with Gasteiger partial charge in [-0.25, -0.2) is 8.78 Å². The van der Waals surface area contributed by atoms with Crippen LogP contribution in [0, 0.1) is 0 Å². The van der Waals surface area contributed by atoms with Gasteiger partial charge in [0.25, 0.3) is 0 Å². The molecule has 0 fully saturated rings. The Morgan fingerprint density at radius 3 is 1.86 bits per heavy atom. The molecule has 0 spiro atoms. The quantitative estimate of drug-likeness (QED) is 0.480. The van der Waals surface area contributed by atoms with Gasteiger partial charge in [-0.2, -0.15) is 0 Å². The normalized spacial score (nSPS) is 8.57. The van der Waals surface area contributed by atoms with Crippen molar-refractivity contribution in [2.75, 3.05) is 6.67 Å². The van der Waals surface area contributed by atoms with Crippen LogP contribution in [-0.2, 0) is 0 Å². The van der Waals surface area contributed by atoms with Crippen LogP contribution in [0.2, 0.25) is 0 Å². The maximum atomic E-state index is 11.8. The summed E-state index contributed by atoms with van der Waals surface area (Å²) < 4.78 is 23.0. The van der Waals surface area contributed by atoms with Crippen molar-refractivity contribution >= 4 is 0 Å². The third kappa shape index (κ3) is 2.31. The predicted molar refractivity (Wildman–Crippen MR) is 25.5 cm³/mol. The highest BCUT2D eigenvalue weighted by molar-refractivity contribution is 5.00. The molecule has 0 aliphatic carbocycles. The molecule has 0 radical (unpaired) electrons. The van der Waals surface area contributed by atoms with Gasteiger partial charge in [-0.1, -0.05) is 0 Å². The first-order chi connectivity index (χ1) is 3.18. The predicted octanol–water partition coefficient (Wildman–Crippen LogP) is 2.22. The van der Waals surface area contributed by atoms with Gasteiger partial charge in [-0.05, 0) is 19.4 Å². The van der Waals surface area contributed by atoms with E-state index in [0.717, 1.165) is 0 Å². The number of hydrogen-bond donors (Lipinski definition) is 0. The SMILES string of the molecule is CC(C)=C(F)CF. The highest BCUT2D eigenvalue weighted by atomic mass is 19.2. The third-order valence-electron chi connectivity index (χ3n) is 0.660. The van der Waals surface area contributed by atoms with Gasteiger partial charge in [0, 0.05) is 0 Å². The number of allylic oxidation sites excluding steroid dienone is 2. The molecule has 2 heteroatoms. The molecule has 0 saturated carbocycles. The van der Waals surface area contributed by atoms with Gasteiger partial charge in [-0.3, -0.25) is 0 Å². The van der Waals surface area contributed by atoms with E-state index in [1.54, 1.807) is 0 Å². The molecule has 0 aliphatic rings. The maximum absolute atomic E-state index is 11.8. The molecule has 0 aliphatic heterocycles. The largest absolute Gasteiger partial charge is 0.243 e. The summed E-state index contributed by atoms with van der Waals surface area (Å²) in [5.41, 5.74) is 0.419. The molecular weight excluding hydrogens is 98.1 g/mol. The van der Waals surface area contributed by atoms with Crippen LogP contribution >= 0.6 is 0 Å². The summed E-state index contributed by atoms with van der Waals surface area (Å²) in [5, 5.41) is 0. The summed E-state index contributed by atoms with van der Waals surface area (Å²) in [6.45, 7) is 2.10. The number of halogens is 2. The molecule has 0 nitrogen and oxygen atoms in total. The van der Waals surface area contributed by atoms with Gasteiger partial charge in [0.05, 0.1) is 0 Å². The van der Waals surface area contributed by atoms with Crippen LogP contribution < -0.4 is 0 Å². The fraction of sp³-hybridized carbons (Fsp3) is 0.600. The van der Waals surface area contributed by atoms with Crippen molar-refractivity contribution in [3.05, 3.63) is 11.4 Å². The zero-order valence-corrected chi connectivity index (χ0v) is 4.46. The summed E-state index contributed by atoms with van der Waals surface area (Å²) in [5.74, 6) is -0.653. The standard InChI is InChI=1S/C5H8F2/c1-4(2)5(7)3-6/h3H2,1-2H3. The monoisotopic (exact) mass is 106 g/mol. The van der Waals surface area contributed by atoms with E-state index in [0.29, 0.717) is 5.57 Å². The van der Waals surface area contributed by atoms with Gasteiger partial charge in [-0.15, -0.1) is 0 Å². The van der Waals surface area contributed by atoms with Gasteiger partial charge in [0.15, 0.2) is 0 Å². The first-order valence-electron chi connectivity index (χ1n) is 2.06. The van der Waals surface area contributed by atoms with Crippen molar-refractivity contribution in [1.29, 1.82) is 0 Å². The Balaban J connectivity index is 3.72. The minimum atomic E-state index is -0.970. The van der Waals surface area contributed by atoms with Gasteiger partial charge < -0.3 is 0 Å². The fourth-order valence-electron chi connectivity index (χ4n) is 0.134. The average Bonchev–Trinajstić information content (AvgIpc) is 1.65. The van der Waals surface area contributed by atoms with Crippen molar-refractivity contribution in [1.82, 2.24) is 0 Å². The third-order valence-corrected chi connectivity index (χ3v) is 0.660. The molecule has 0 unspecified atom stereocenters. The van der Waals surface area contributed by atoms with Crippen molar-refractivity contribution in [2.45, 2.75) is 13.8 Å². The van der Waals surface area contributed by atoms with Crippen molar-refractivity contribution in [3.63, 3.8) is 0 Å². The zero-order chi connectivity index (χ0) is 5.86. The summed E-state index contributed by atoms with van der Waals surface area (Å²) in [6, 6.07) is 0. The van der Waals surface area contributed by atoms with Crippen LogP contribution in [0.25, 0.3) is 0 Å². The summed E-state index contributed by atoms with van der Waals surface area (Å²) in [4.78, 5) is 0. The van der Waals surface area contributed by atoms with E-state index in [4.69, 9.17) is 0 Å². The Kier molecular flexibility index (Phi) is 2.56. The van der Waals surface area contributed by atoms with Crippen molar-refractivity contribution in [2.24, 2.45) is 0 Å². The molecule has 0 aromatic heterocycles. The Hall–Kier alpha value is -0.400. The van der Waals surface area contributed by atoms with E-state index >= 15 is 0 Å². The number of hydrogen-bond acceptors (Lipinski definition) is 0. The molecule has 0 atom stereocenters. The first-order valence-corrected chi connectivity index (χ1v) is 2.06. The molecule has 42 valence electrons. The molecule has 0 heterocycles. The van der Waals surface area contributed by atoms with E-state index < -0.39 is 12.5 Å². The Morgan fingerprint density at radius 1 is 1.43 bits per heavy atom. The second-order valence-corrected chi connectivity index (χ2v) is 1.54. The van der Waals surface area contributed by atoms with Crippen molar-refractivity contribution in [3.8, 4) is 0 Å². The summed E-state index contributed by atoms with van der Waals surface area (Å²) >= 11 is 0. The van der Waals surface area contributed by atoms with Crippen molar-refractivity contribution < 1.29 is 8.78 Å². The van der Waals surface area contributed by atoms with Crippen LogP contribution in [0.5, 0.6) is 0 Å². The topological polar surface area (TPSA) is 0 Å². The minimum absolute atomic E-state index is 0.419. The van der Waals surface area contributed by atoms with E-state index in [1.807, 2.05) is 0 Å². The smallest absolute Gasteiger partial charge is 0.141 e. The molecule has 0 rings (SSSR count). The molecule has 7 heavy (non-hydrogen) atoms. The number of alkyl halides is 1. The Morgan fingerprint density at radius 2 is 1.86 bits per heavy atom. The Bertz CT molecular complexity index is 80.1. The van der Waals surface area contributed by atoms with E-state index in [2.05, 4.69) is 0 Å². The minimum Gasteiger partial charge on any atom is -0.243 e. The van der Waals surface area contributed by atoms with E-state index in [9.17, 15) is 8.78 Å².